The molecule has 0 saturated carbocycles. The van der Waals surface area contributed by atoms with Gasteiger partial charge in [0, 0.05) is 5.75 Å². The zero-order chi connectivity index (χ0) is 15.7. The van der Waals surface area contributed by atoms with Crippen molar-refractivity contribution in [3.8, 4) is 0 Å². The monoisotopic (exact) mass is 334 g/mol. The zero-order valence-electron chi connectivity index (χ0n) is 12.1. The van der Waals surface area contributed by atoms with E-state index >= 15 is 0 Å². The van der Waals surface area contributed by atoms with Gasteiger partial charge in [0.05, 0.1) is 23.8 Å². The number of fused-ring (bicyclic) bond motifs is 1. The summed E-state index contributed by atoms with van der Waals surface area (Å²) in [5.41, 5.74) is 0.207. The Balaban J connectivity index is 1.88. The molecule has 8 heteroatoms. The molecule has 2 aliphatic heterocycles. The Hall–Kier alpha value is -1.80. The van der Waals surface area contributed by atoms with Gasteiger partial charge in [0.25, 0.3) is 5.91 Å². The van der Waals surface area contributed by atoms with E-state index in [1.54, 1.807) is 34.9 Å². The molecule has 3 heterocycles. The first-order valence-corrected chi connectivity index (χ1v) is 8.47. The fraction of sp³-hybridized carbons (Fsp3) is 0.286. The molecule has 6 nitrogen and oxygen atoms in total. The highest BCUT2D eigenvalue weighted by molar-refractivity contribution is 8.19. The van der Waals surface area contributed by atoms with Gasteiger partial charge in [0.2, 0.25) is 5.17 Å². The third kappa shape index (κ3) is 2.89. The van der Waals surface area contributed by atoms with Crippen molar-refractivity contribution in [2.24, 2.45) is 15.3 Å². The number of aliphatic imine (C=N–C) groups is 1. The van der Waals surface area contributed by atoms with Crippen LogP contribution in [0.4, 0.5) is 0 Å². The second-order valence-electron chi connectivity index (χ2n) is 5.13. The van der Waals surface area contributed by atoms with Gasteiger partial charge in [-0.05, 0) is 24.1 Å². The molecular weight excluding hydrogens is 320 g/mol. The number of thioether (sulfide) groups is 1. The lowest BCUT2D eigenvalue weighted by atomic mass is 10.1. The van der Waals surface area contributed by atoms with Crippen molar-refractivity contribution in [1.29, 1.82) is 5.41 Å². The topological polar surface area (TPSA) is 82.0 Å². The van der Waals surface area contributed by atoms with E-state index in [0.29, 0.717) is 22.0 Å². The van der Waals surface area contributed by atoms with Crippen LogP contribution in [0.1, 0.15) is 19.6 Å². The van der Waals surface area contributed by atoms with Crippen LogP contribution < -0.4 is 0 Å². The Bertz CT molecular complexity index is 704. The minimum absolute atomic E-state index is 0.0893. The molecule has 3 rings (SSSR count). The summed E-state index contributed by atoms with van der Waals surface area (Å²) in [6, 6.07) is 3.46. The smallest absolute Gasteiger partial charge is 0.283 e. The van der Waals surface area contributed by atoms with E-state index in [1.807, 2.05) is 0 Å². The predicted octanol–water partition coefficient (Wildman–Crippen LogP) is 3.25. The predicted molar refractivity (Wildman–Crippen MR) is 91.0 cm³/mol. The molecule has 1 aromatic rings. The number of hydrogen-bond donors (Lipinski definition) is 1. The second kappa shape index (κ2) is 6.13. The van der Waals surface area contributed by atoms with Gasteiger partial charge in [-0.1, -0.05) is 25.6 Å². The summed E-state index contributed by atoms with van der Waals surface area (Å²) in [4.78, 5) is 17.8. The Morgan fingerprint density at radius 2 is 2.36 bits per heavy atom. The number of hydrogen-bond acceptors (Lipinski definition) is 6. The van der Waals surface area contributed by atoms with Crippen molar-refractivity contribution in [2.75, 3.05) is 5.75 Å². The summed E-state index contributed by atoms with van der Waals surface area (Å²) in [6.45, 7) is 4.25. The highest BCUT2D eigenvalue weighted by Gasteiger charge is 2.37. The van der Waals surface area contributed by atoms with Crippen molar-refractivity contribution < 1.29 is 9.21 Å². The quantitative estimate of drug-likeness (QED) is 0.678. The number of carbonyl (C=O) groups is 1. The summed E-state index contributed by atoms with van der Waals surface area (Å²) >= 11 is 2.70. The van der Waals surface area contributed by atoms with Crippen LogP contribution in [0, 0.1) is 11.3 Å². The van der Waals surface area contributed by atoms with Gasteiger partial charge in [0.15, 0.2) is 5.17 Å². The number of nitrogens with zero attached hydrogens (tertiary/aromatic N) is 3. The molecule has 0 aromatic carbocycles. The standard InChI is InChI=1S/C14H14N4O2S2/c1-8(2)7-21-14-17-22-13-16-12(19)10(11(15)18(13)14)6-9-4-3-5-20-9/h3-6,8,15H,7H2,1-2H3/b10-6-,15-11?. The van der Waals surface area contributed by atoms with Gasteiger partial charge in [-0.2, -0.15) is 9.39 Å². The Labute approximate surface area is 136 Å². The van der Waals surface area contributed by atoms with Crippen molar-refractivity contribution in [1.82, 2.24) is 4.90 Å². The summed E-state index contributed by atoms with van der Waals surface area (Å²) in [5.74, 6) is 1.57. The summed E-state index contributed by atoms with van der Waals surface area (Å²) in [7, 11) is 0. The van der Waals surface area contributed by atoms with Gasteiger partial charge in [-0.15, -0.1) is 0 Å². The number of rotatable bonds is 3. The normalized spacial score (nSPS) is 19.8. The van der Waals surface area contributed by atoms with Crippen LogP contribution in [0.15, 0.2) is 37.8 Å². The number of furan rings is 1. The number of nitrogens with one attached hydrogen (secondary N) is 1. The van der Waals surface area contributed by atoms with Gasteiger partial charge in [-0.25, -0.2) is 4.90 Å². The first kappa shape index (κ1) is 15.1. The third-order valence-electron chi connectivity index (χ3n) is 2.87. The summed E-state index contributed by atoms with van der Waals surface area (Å²) in [5, 5.41) is 9.47. The SMILES string of the molecule is CC(C)CSC1=NSC2=NC(=O)/C(=C\c3ccco3)C(=N)N12. The second-order valence-corrected chi connectivity index (χ2v) is 6.84. The molecule has 0 radical (unpaired) electrons. The van der Waals surface area contributed by atoms with Crippen molar-refractivity contribution >= 4 is 51.9 Å². The van der Waals surface area contributed by atoms with Crippen LogP contribution in [0.3, 0.4) is 0 Å². The molecule has 114 valence electrons. The average Bonchev–Trinajstić information content (AvgIpc) is 3.10. The van der Waals surface area contributed by atoms with Gasteiger partial charge < -0.3 is 4.42 Å². The maximum absolute atomic E-state index is 12.1. The first-order chi connectivity index (χ1) is 10.6. The van der Waals surface area contributed by atoms with E-state index in [-0.39, 0.29) is 11.4 Å². The molecule has 0 atom stereocenters. The number of amides is 1. The molecule has 1 aromatic heterocycles. The van der Waals surface area contributed by atoms with E-state index in [2.05, 4.69) is 23.2 Å². The number of amidine groups is 3. The molecule has 0 unspecified atom stereocenters. The lowest BCUT2D eigenvalue weighted by Gasteiger charge is -2.24. The van der Waals surface area contributed by atoms with E-state index in [4.69, 9.17) is 9.83 Å². The molecule has 0 spiro atoms. The highest BCUT2D eigenvalue weighted by Crippen LogP contribution is 2.32. The molecule has 1 N–H and O–H groups in total. The molecular formula is C14H14N4O2S2. The van der Waals surface area contributed by atoms with Crippen molar-refractivity contribution in [3.63, 3.8) is 0 Å². The third-order valence-corrected chi connectivity index (χ3v) is 5.05. The minimum Gasteiger partial charge on any atom is -0.465 e. The molecule has 0 saturated heterocycles. The summed E-state index contributed by atoms with van der Waals surface area (Å²) < 4.78 is 9.53. The fourth-order valence-corrected chi connectivity index (χ4v) is 3.65. The van der Waals surface area contributed by atoms with Crippen LogP contribution in [-0.4, -0.2) is 32.7 Å². The van der Waals surface area contributed by atoms with Crippen LogP contribution in [0.5, 0.6) is 0 Å². The molecule has 2 aliphatic rings. The lowest BCUT2D eigenvalue weighted by Crippen LogP contribution is -2.41. The van der Waals surface area contributed by atoms with E-state index < -0.39 is 5.91 Å². The largest absolute Gasteiger partial charge is 0.465 e. The number of carbonyl (C=O) groups excluding carboxylic acids is 1. The Kier molecular flexibility index (Phi) is 4.21. The van der Waals surface area contributed by atoms with Crippen molar-refractivity contribution in [3.05, 3.63) is 29.7 Å². The van der Waals surface area contributed by atoms with Gasteiger partial charge >= 0.3 is 0 Å². The van der Waals surface area contributed by atoms with E-state index in [1.165, 1.54) is 6.26 Å². The van der Waals surface area contributed by atoms with Crippen molar-refractivity contribution in [2.45, 2.75) is 13.8 Å². The molecule has 22 heavy (non-hydrogen) atoms. The Morgan fingerprint density at radius 3 is 3.05 bits per heavy atom. The first-order valence-electron chi connectivity index (χ1n) is 6.71. The van der Waals surface area contributed by atoms with Gasteiger partial charge in [-0.3, -0.25) is 10.2 Å². The van der Waals surface area contributed by atoms with Crippen LogP contribution in [-0.2, 0) is 4.79 Å². The van der Waals surface area contributed by atoms with Gasteiger partial charge in [0.1, 0.15) is 11.6 Å². The maximum atomic E-state index is 12.1. The van der Waals surface area contributed by atoms with Crippen LogP contribution in [0.25, 0.3) is 6.08 Å². The van der Waals surface area contributed by atoms with Crippen LogP contribution >= 0.6 is 23.7 Å². The summed E-state index contributed by atoms with van der Waals surface area (Å²) in [6.07, 6.45) is 3.06. The maximum Gasteiger partial charge on any atom is 0.283 e. The zero-order valence-corrected chi connectivity index (χ0v) is 13.7. The highest BCUT2D eigenvalue weighted by atomic mass is 32.2. The lowest BCUT2D eigenvalue weighted by molar-refractivity contribution is -0.114. The Morgan fingerprint density at radius 1 is 1.55 bits per heavy atom. The van der Waals surface area contributed by atoms with Crippen LogP contribution in [0.2, 0.25) is 0 Å². The minimum atomic E-state index is -0.439. The average molecular weight is 334 g/mol. The molecule has 0 fully saturated rings. The molecule has 1 amide bonds. The fourth-order valence-electron chi connectivity index (χ4n) is 1.85. The molecule has 0 aliphatic carbocycles. The van der Waals surface area contributed by atoms with E-state index in [9.17, 15) is 4.79 Å². The van der Waals surface area contributed by atoms with E-state index in [0.717, 1.165) is 17.7 Å². The molecule has 0 bridgehead atoms.